The van der Waals surface area contributed by atoms with Gasteiger partial charge in [-0.1, -0.05) is 202 Å². The van der Waals surface area contributed by atoms with Crippen molar-refractivity contribution in [2.45, 2.75) is 204 Å². The van der Waals surface area contributed by atoms with Crippen molar-refractivity contribution in [3.05, 3.63) is 111 Å². The van der Waals surface area contributed by atoms with Gasteiger partial charge in [0.05, 0.1) is 36.0 Å². The molecule has 2 aromatic carbocycles. The maximum atomic E-state index is 10.3. The molecule has 2 N–H and O–H groups in total. The predicted octanol–water partition coefficient (Wildman–Crippen LogP) is 16.3. The number of nitrogens with zero attached hydrogens (tertiary/aromatic N) is 4. The van der Waals surface area contributed by atoms with Crippen LogP contribution in [-0.4, -0.2) is 40.3 Å². The largest absolute Gasteiger partial charge is 2.00 e. The summed E-state index contributed by atoms with van der Waals surface area (Å²) in [6.45, 7) is 23.9. The molecule has 5 aromatic rings. The van der Waals surface area contributed by atoms with Gasteiger partial charge < -0.3 is 29.5 Å². The van der Waals surface area contributed by atoms with Crippen molar-refractivity contribution in [3.63, 3.8) is 0 Å². The molecule has 3 aliphatic rings. The van der Waals surface area contributed by atoms with E-state index in [0.29, 0.717) is 18.7 Å². The molecule has 3 aliphatic heterocycles. The Morgan fingerprint density at radius 2 is 0.921 bits per heavy atom. The first kappa shape index (κ1) is 59.2. The molecule has 6 heterocycles. The van der Waals surface area contributed by atoms with E-state index in [4.69, 9.17) is 29.4 Å². The van der Waals surface area contributed by atoms with Gasteiger partial charge in [-0.3, -0.25) is 0 Å². The van der Waals surface area contributed by atoms with Gasteiger partial charge in [0.1, 0.15) is 0 Å². The first-order valence-electron chi connectivity index (χ1n) is 29.2. The van der Waals surface area contributed by atoms with Crippen molar-refractivity contribution < 1.29 is 39.0 Å². The van der Waals surface area contributed by atoms with Crippen LogP contribution >= 0.6 is 0 Å². The number of allylic oxidation sites excluding steroid dienone is 4. The van der Waals surface area contributed by atoms with E-state index in [2.05, 4.69) is 106 Å². The molecule has 400 valence electrons. The van der Waals surface area contributed by atoms with Crippen molar-refractivity contribution >= 4 is 56.9 Å². The third-order valence-electron chi connectivity index (χ3n) is 16.2. The van der Waals surface area contributed by atoms with Crippen molar-refractivity contribution in [3.8, 4) is 22.3 Å². The van der Waals surface area contributed by atoms with E-state index >= 15 is 0 Å². The molecular weight excluding hydrogens is 989 g/mol. The van der Waals surface area contributed by atoms with Crippen molar-refractivity contribution in [1.29, 1.82) is 0 Å². The molecule has 0 saturated carbocycles. The van der Waals surface area contributed by atoms with E-state index in [0.717, 1.165) is 137 Å². The van der Waals surface area contributed by atoms with Crippen LogP contribution in [0.5, 0.6) is 0 Å². The zero-order valence-corrected chi connectivity index (χ0v) is 51.2. The minimum atomic E-state index is -1.57. The van der Waals surface area contributed by atoms with Gasteiger partial charge in [-0.05, 0) is 129 Å². The molecule has 8 rings (SSSR count). The molecule has 0 spiro atoms. The molecule has 0 amide bonds. The number of aryl methyl sites for hydroxylation is 4. The fraction of sp³-hybridized carbons (Fsp3) is 0.515. The van der Waals surface area contributed by atoms with E-state index < -0.39 is 13.4 Å². The number of unbranched alkanes of at least 4 members (excludes halogenated alkanes) is 12. The monoisotopic (exact) mass is 1070 g/mol. The van der Waals surface area contributed by atoms with Crippen molar-refractivity contribution in [1.82, 2.24) is 19.9 Å². The van der Waals surface area contributed by atoms with Crippen molar-refractivity contribution in [2.24, 2.45) is 5.41 Å². The van der Waals surface area contributed by atoms with E-state index in [1.54, 1.807) is 0 Å². The number of ether oxygens (including phenoxy) is 2. The van der Waals surface area contributed by atoms with Gasteiger partial charge in [0, 0.05) is 11.0 Å². The topological polar surface area (TPSA) is 113 Å². The Morgan fingerprint density at radius 3 is 1.30 bits per heavy atom. The molecule has 8 bridgehead atoms. The summed E-state index contributed by atoms with van der Waals surface area (Å²) in [6.07, 6.45) is 21.7. The van der Waals surface area contributed by atoms with Gasteiger partial charge in [-0.2, -0.15) is 0 Å². The van der Waals surface area contributed by atoms with Gasteiger partial charge in [0.25, 0.3) is 0 Å². The Balaban J connectivity index is 0.00000840. The second-order valence-electron chi connectivity index (χ2n) is 22.8. The normalized spacial score (nSPS) is 14.7. The molecule has 3 aromatic heterocycles. The Bertz CT molecular complexity index is 2990. The summed E-state index contributed by atoms with van der Waals surface area (Å²) in [5, 5.41) is 20.5. The number of hydrogen-bond donors (Lipinski definition) is 2. The first-order chi connectivity index (χ1) is 36.3. The number of hydrogen-bond acceptors (Lipinski definition) is 6. The van der Waals surface area contributed by atoms with E-state index in [9.17, 15) is 10.0 Å². The Hall–Kier alpha value is -4.43. The first-order valence-corrected chi connectivity index (χ1v) is 29.2. The van der Waals surface area contributed by atoms with Crippen LogP contribution in [0.15, 0.2) is 60.7 Å². The van der Waals surface area contributed by atoms with Gasteiger partial charge in [-0.25, -0.2) is 9.97 Å². The summed E-state index contributed by atoms with van der Waals surface area (Å²) < 4.78 is 12.6. The van der Waals surface area contributed by atoms with Crippen LogP contribution in [0.25, 0.3) is 66.6 Å². The number of rotatable bonds is 24. The maximum absolute atomic E-state index is 10.3. The minimum absolute atomic E-state index is 0. The predicted molar refractivity (Wildman–Crippen MR) is 316 cm³/mol. The van der Waals surface area contributed by atoms with Gasteiger partial charge in [0.2, 0.25) is 0 Å². The fourth-order valence-corrected chi connectivity index (χ4v) is 11.6. The molecular formula is C66H87BN4O4Zn. The summed E-state index contributed by atoms with van der Waals surface area (Å²) >= 11 is 0. The Labute approximate surface area is 469 Å². The van der Waals surface area contributed by atoms with Gasteiger partial charge >= 0.3 is 26.6 Å². The van der Waals surface area contributed by atoms with E-state index in [1.165, 1.54) is 109 Å². The summed E-state index contributed by atoms with van der Waals surface area (Å²) in [5.41, 5.74) is 23.1. The number of benzene rings is 2. The van der Waals surface area contributed by atoms with Gasteiger partial charge in [-0.15, -0.1) is 22.1 Å². The second-order valence-corrected chi connectivity index (χ2v) is 22.8. The quantitative estimate of drug-likeness (QED) is 0.0464. The average molecular weight is 1080 g/mol. The van der Waals surface area contributed by atoms with Crippen LogP contribution in [-0.2, 0) is 41.8 Å². The Kier molecular flexibility index (Phi) is 21.4. The number of aromatic nitrogens is 4. The molecule has 76 heavy (non-hydrogen) atoms. The third-order valence-corrected chi connectivity index (χ3v) is 16.2. The standard InChI is InChI=1S/C66H87BN4O4.Zn/c1-11-15-19-23-27-51-43(5)61-59(47-31-33-49(34-32-47)65-74-41-66(9,10)42-75-65)62-44(6)52(28-24-20-16-12-2)56(69-62)40-58-54(30-26-22-18-14-4)46(8)64(71-58)60(48-35-37-50(38-36-48)67(72)73)63-45(7)53(29-25-21-17-13-3)57(70-63)39-55(51)68-61;/h31-40,65,72-73H,11-30,41-42H2,1-10H3;/q-2;+2. The van der Waals surface area contributed by atoms with Crippen LogP contribution in [0.2, 0.25) is 0 Å². The molecule has 1 saturated heterocycles. The van der Waals surface area contributed by atoms with Crippen LogP contribution in [0.4, 0.5) is 0 Å². The molecule has 0 radical (unpaired) electrons. The molecule has 0 aliphatic carbocycles. The molecule has 10 heteroatoms. The summed E-state index contributed by atoms with van der Waals surface area (Å²) in [4.78, 5) is 23.2. The maximum Gasteiger partial charge on any atom is 2.00 e. The van der Waals surface area contributed by atoms with Crippen LogP contribution in [0.1, 0.15) is 228 Å². The fourth-order valence-electron chi connectivity index (χ4n) is 11.6. The molecule has 0 unspecified atom stereocenters. The average Bonchev–Trinajstić information content (AvgIpc) is 4.08. The molecule has 1 fully saturated rings. The van der Waals surface area contributed by atoms with E-state index in [-0.39, 0.29) is 24.9 Å². The van der Waals surface area contributed by atoms with Crippen LogP contribution in [0.3, 0.4) is 0 Å². The third kappa shape index (κ3) is 13.5. The van der Waals surface area contributed by atoms with Crippen molar-refractivity contribution in [2.75, 3.05) is 13.2 Å². The summed E-state index contributed by atoms with van der Waals surface area (Å²) in [6, 6.07) is 21.1. The SMILES string of the molecule is CCCCCCC1=C(C)c2nc1cc1[n-]c(c(C)c1CCCCCC)c(-c1ccc(B(O)O)cc1)c1nc(cc3[n-]c(c(C)c3CCCCCC)c2-c2ccc(C3OCC(C)(C)CO3)cc2)C(CCCCCC)=C1C.[Zn+2]. The smallest absolute Gasteiger partial charge is 0.657 e. The van der Waals surface area contributed by atoms with Crippen LogP contribution < -0.4 is 15.4 Å². The Morgan fingerprint density at radius 1 is 0.539 bits per heavy atom. The molecule has 8 nitrogen and oxygen atoms in total. The van der Waals surface area contributed by atoms with E-state index in [1.807, 2.05) is 24.3 Å². The molecule has 0 atom stereocenters. The van der Waals surface area contributed by atoms with Crippen LogP contribution in [0, 0.1) is 19.3 Å². The summed E-state index contributed by atoms with van der Waals surface area (Å²) in [5.74, 6) is 0. The zero-order chi connectivity index (χ0) is 53.2. The summed E-state index contributed by atoms with van der Waals surface area (Å²) in [7, 11) is -1.57. The zero-order valence-electron chi connectivity index (χ0n) is 48.2. The minimum Gasteiger partial charge on any atom is -0.657 e. The van der Waals surface area contributed by atoms with Gasteiger partial charge in [0.15, 0.2) is 6.29 Å². The number of fused-ring (bicyclic) bond motifs is 8. The second kappa shape index (κ2) is 27.4.